The van der Waals surface area contributed by atoms with Gasteiger partial charge in [0.25, 0.3) is 0 Å². The Kier molecular flexibility index (Phi) is 4.15. The molecule has 3 nitrogen and oxygen atoms in total. The van der Waals surface area contributed by atoms with Crippen LogP contribution in [0.25, 0.3) is 0 Å². The number of benzene rings is 1. The summed E-state index contributed by atoms with van der Waals surface area (Å²) in [5.74, 6) is 0. The molecule has 0 amide bonds. The second-order valence-electron chi connectivity index (χ2n) is 2.79. The maximum absolute atomic E-state index is 10.3. The highest BCUT2D eigenvalue weighted by molar-refractivity contribution is 5.57. The molecule has 1 aromatic rings. The molecule has 0 aliphatic carbocycles. The van der Waals surface area contributed by atoms with E-state index in [2.05, 4.69) is 5.32 Å². The molecule has 0 heterocycles. The van der Waals surface area contributed by atoms with Gasteiger partial charge in [0.2, 0.25) is 0 Å². The van der Waals surface area contributed by atoms with Gasteiger partial charge in [-0.05, 0) is 5.56 Å². The summed E-state index contributed by atoms with van der Waals surface area (Å²) in [7, 11) is 0. The zero-order valence-corrected chi connectivity index (χ0v) is 7.31. The lowest BCUT2D eigenvalue weighted by Crippen LogP contribution is -2.33. The van der Waals surface area contributed by atoms with Gasteiger partial charge in [-0.15, -0.1) is 0 Å². The van der Waals surface area contributed by atoms with Crippen molar-refractivity contribution in [2.24, 2.45) is 0 Å². The molecular weight excluding hydrogens is 166 g/mol. The lowest BCUT2D eigenvalue weighted by atomic mass is 10.2. The first-order valence-corrected chi connectivity index (χ1v) is 4.20. The van der Waals surface area contributed by atoms with E-state index in [-0.39, 0.29) is 6.61 Å². The normalized spacial score (nSPS) is 12.4. The lowest BCUT2D eigenvalue weighted by molar-refractivity contribution is -0.110. The predicted octanol–water partition coefficient (Wildman–Crippen LogP) is 0.336. The quantitative estimate of drug-likeness (QED) is 0.641. The van der Waals surface area contributed by atoms with Crippen molar-refractivity contribution in [1.82, 2.24) is 5.32 Å². The molecule has 0 aromatic heterocycles. The molecule has 1 atom stereocenters. The van der Waals surface area contributed by atoms with Gasteiger partial charge in [0.05, 0.1) is 12.6 Å². The molecule has 0 saturated carbocycles. The SMILES string of the molecule is O=C[C@H](CO)NCc1ccccc1. The molecule has 70 valence electrons. The zero-order chi connectivity index (χ0) is 9.52. The van der Waals surface area contributed by atoms with Gasteiger partial charge in [-0.25, -0.2) is 0 Å². The first kappa shape index (κ1) is 9.89. The van der Waals surface area contributed by atoms with Crippen molar-refractivity contribution in [3.05, 3.63) is 35.9 Å². The van der Waals surface area contributed by atoms with Crippen LogP contribution in [0.4, 0.5) is 0 Å². The molecule has 2 N–H and O–H groups in total. The Labute approximate surface area is 77.4 Å². The molecule has 0 fully saturated rings. The number of hydrogen-bond acceptors (Lipinski definition) is 3. The monoisotopic (exact) mass is 179 g/mol. The Morgan fingerprint density at radius 1 is 1.38 bits per heavy atom. The molecular formula is C10H13NO2. The molecule has 0 bridgehead atoms. The molecule has 1 rings (SSSR count). The van der Waals surface area contributed by atoms with Crippen LogP contribution in [0.15, 0.2) is 30.3 Å². The highest BCUT2D eigenvalue weighted by Crippen LogP contribution is 1.97. The number of nitrogens with one attached hydrogen (secondary N) is 1. The molecule has 1 aromatic carbocycles. The van der Waals surface area contributed by atoms with Gasteiger partial charge in [-0.1, -0.05) is 30.3 Å². The Bertz CT molecular complexity index is 248. The van der Waals surface area contributed by atoms with Crippen LogP contribution < -0.4 is 5.32 Å². The number of aldehydes is 1. The van der Waals surface area contributed by atoms with Crippen molar-refractivity contribution in [1.29, 1.82) is 0 Å². The standard InChI is InChI=1S/C10H13NO2/c12-7-10(8-13)11-6-9-4-2-1-3-5-9/h1-5,7,10-11,13H,6,8H2/t10-/m1/s1. The Hall–Kier alpha value is -1.19. The van der Waals surface area contributed by atoms with E-state index in [1.807, 2.05) is 30.3 Å². The van der Waals surface area contributed by atoms with E-state index in [1.165, 1.54) is 0 Å². The van der Waals surface area contributed by atoms with Crippen LogP contribution in [-0.2, 0) is 11.3 Å². The number of carbonyl (C=O) groups excluding carboxylic acids is 1. The Balaban J connectivity index is 2.38. The second kappa shape index (κ2) is 5.45. The molecule has 13 heavy (non-hydrogen) atoms. The smallest absolute Gasteiger partial charge is 0.139 e. The third kappa shape index (κ3) is 3.36. The van der Waals surface area contributed by atoms with Crippen molar-refractivity contribution in [2.75, 3.05) is 6.61 Å². The summed E-state index contributed by atoms with van der Waals surface area (Å²) in [5.41, 5.74) is 1.10. The average molecular weight is 179 g/mol. The van der Waals surface area contributed by atoms with E-state index in [0.29, 0.717) is 12.8 Å². The van der Waals surface area contributed by atoms with Crippen molar-refractivity contribution in [3.8, 4) is 0 Å². The van der Waals surface area contributed by atoms with Gasteiger partial charge in [-0.3, -0.25) is 0 Å². The van der Waals surface area contributed by atoms with Crippen LogP contribution in [0.2, 0.25) is 0 Å². The molecule has 0 unspecified atom stereocenters. The predicted molar refractivity (Wildman–Crippen MR) is 50.2 cm³/mol. The van der Waals surface area contributed by atoms with Gasteiger partial charge < -0.3 is 15.2 Å². The first-order chi connectivity index (χ1) is 6.36. The Morgan fingerprint density at radius 2 is 2.08 bits per heavy atom. The van der Waals surface area contributed by atoms with Crippen LogP contribution >= 0.6 is 0 Å². The topological polar surface area (TPSA) is 49.3 Å². The van der Waals surface area contributed by atoms with E-state index < -0.39 is 6.04 Å². The fourth-order valence-electron chi connectivity index (χ4n) is 1.00. The fraction of sp³-hybridized carbons (Fsp3) is 0.300. The van der Waals surface area contributed by atoms with E-state index in [9.17, 15) is 4.79 Å². The maximum atomic E-state index is 10.3. The van der Waals surface area contributed by atoms with Crippen molar-refractivity contribution in [3.63, 3.8) is 0 Å². The molecule has 3 heteroatoms. The summed E-state index contributed by atoms with van der Waals surface area (Å²) in [6.07, 6.45) is 0.711. The largest absolute Gasteiger partial charge is 0.394 e. The van der Waals surface area contributed by atoms with Gasteiger partial charge in [0, 0.05) is 6.54 Å². The molecule has 0 saturated heterocycles. The minimum Gasteiger partial charge on any atom is -0.394 e. The molecule has 0 aliphatic heterocycles. The summed E-state index contributed by atoms with van der Waals surface area (Å²) in [5, 5.41) is 11.6. The third-order valence-electron chi connectivity index (χ3n) is 1.77. The van der Waals surface area contributed by atoms with E-state index in [4.69, 9.17) is 5.11 Å². The maximum Gasteiger partial charge on any atom is 0.139 e. The van der Waals surface area contributed by atoms with Crippen LogP contribution in [0.3, 0.4) is 0 Å². The average Bonchev–Trinajstić information content (AvgIpc) is 2.21. The zero-order valence-electron chi connectivity index (χ0n) is 7.31. The van der Waals surface area contributed by atoms with Gasteiger partial charge in [0.1, 0.15) is 6.29 Å². The van der Waals surface area contributed by atoms with Crippen LogP contribution in [-0.4, -0.2) is 24.0 Å². The molecule has 0 spiro atoms. The Morgan fingerprint density at radius 3 is 2.62 bits per heavy atom. The highest BCUT2D eigenvalue weighted by atomic mass is 16.3. The highest BCUT2D eigenvalue weighted by Gasteiger charge is 2.02. The minimum atomic E-state index is -0.458. The van der Waals surface area contributed by atoms with Gasteiger partial charge in [-0.2, -0.15) is 0 Å². The van der Waals surface area contributed by atoms with Gasteiger partial charge in [0.15, 0.2) is 0 Å². The summed E-state index contributed by atoms with van der Waals surface area (Å²) in [4.78, 5) is 10.3. The van der Waals surface area contributed by atoms with Crippen molar-refractivity contribution in [2.45, 2.75) is 12.6 Å². The summed E-state index contributed by atoms with van der Waals surface area (Å²) in [6, 6.07) is 9.28. The van der Waals surface area contributed by atoms with E-state index in [0.717, 1.165) is 5.56 Å². The first-order valence-electron chi connectivity index (χ1n) is 4.20. The van der Waals surface area contributed by atoms with E-state index >= 15 is 0 Å². The van der Waals surface area contributed by atoms with Crippen LogP contribution in [0, 0.1) is 0 Å². The number of aliphatic hydroxyl groups is 1. The number of carbonyl (C=O) groups is 1. The van der Waals surface area contributed by atoms with Crippen LogP contribution in [0.1, 0.15) is 5.56 Å². The number of hydrogen-bond donors (Lipinski definition) is 2. The summed E-state index contributed by atoms with van der Waals surface area (Å²) < 4.78 is 0. The fourth-order valence-corrected chi connectivity index (χ4v) is 1.00. The lowest BCUT2D eigenvalue weighted by Gasteiger charge is -2.08. The van der Waals surface area contributed by atoms with Crippen molar-refractivity contribution < 1.29 is 9.90 Å². The third-order valence-corrected chi connectivity index (χ3v) is 1.77. The van der Waals surface area contributed by atoms with Crippen LogP contribution in [0.5, 0.6) is 0 Å². The number of aliphatic hydroxyl groups excluding tert-OH is 1. The number of rotatable bonds is 5. The van der Waals surface area contributed by atoms with Crippen molar-refractivity contribution >= 4 is 6.29 Å². The minimum absolute atomic E-state index is 0.156. The summed E-state index contributed by atoms with van der Waals surface area (Å²) >= 11 is 0. The molecule has 0 radical (unpaired) electrons. The molecule has 0 aliphatic rings. The second-order valence-corrected chi connectivity index (χ2v) is 2.79. The van der Waals surface area contributed by atoms with Gasteiger partial charge >= 0.3 is 0 Å². The summed E-state index contributed by atoms with van der Waals surface area (Å²) in [6.45, 7) is 0.446. The van der Waals surface area contributed by atoms with E-state index in [1.54, 1.807) is 0 Å².